The molecule has 0 radical (unpaired) electrons. The van der Waals surface area contributed by atoms with Crippen LogP contribution in [-0.4, -0.2) is 37.1 Å². The summed E-state index contributed by atoms with van der Waals surface area (Å²) in [5.41, 5.74) is 3.55. The molecule has 2 saturated heterocycles. The van der Waals surface area contributed by atoms with E-state index in [1.807, 2.05) is 0 Å². The van der Waals surface area contributed by atoms with Crippen molar-refractivity contribution in [3.63, 3.8) is 0 Å². The number of hydrogen-bond acceptors (Lipinski definition) is 2. The zero-order valence-corrected chi connectivity index (χ0v) is 12.7. The minimum absolute atomic E-state index is 0.250. The Hall–Kier alpha value is -1.02. The Kier molecular flexibility index (Phi) is 2.90. The Morgan fingerprint density at radius 3 is 2.16 bits per heavy atom. The highest BCUT2D eigenvalue weighted by atomic mass is 15.4. The highest BCUT2D eigenvalue weighted by Gasteiger charge is 2.48. The number of rotatable bonds is 1. The molecule has 3 rings (SSSR count). The van der Waals surface area contributed by atoms with Crippen LogP contribution in [0.2, 0.25) is 0 Å². The van der Waals surface area contributed by atoms with Crippen LogP contribution >= 0.6 is 0 Å². The van der Waals surface area contributed by atoms with E-state index in [2.05, 4.69) is 61.9 Å². The van der Waals surface area contributed by atoms with E-state index in [4.69, 9.17) is 0 Å². The van der Waals surface area contributed by atoms with E-state index in [9.17, 15) is 0 Å². The smallest absolute Gasteiger partial charge is 0.0557 e. The first-order chi connectivity index (χ1) is 8.91. The fraction of sp³-hybridized carbons (Fsp3) is 0.647. The van der Waals surface area contributed by atoms with E-state index in [0.717, 1.165) is 0 Å². The molecule has 19 heavy (non-hydrogen) atoms. The lowest BCUT2D eigenvalue weighted by Gasteiger charge is -2.53. The molecule has 0 amide bonds. The van der Waals surface area contributed by atoms with Gasteiger partial charge in [-0.2, -0.15) is 0 Å². The molecular formula is C17H26N2. The van der Waals surface area contributed by atoms with Gasteiger partial charge in [-0.3, -0.25) is 4.90 Å². The molecule has 0 aromatic heterocycles. The monoisotopic (exact) mass is 258 g/mol. The standard InChI is InChI=1S/C17H26N2/c1-16(2,3)14-6-8-15(9-7-14)19-12-17(13-19)10-5-11-18(17)4/h6-9H,5,10-13H2,1-4H3. The highest BCUT2D eigenvalue weighted by molar-refractivity contribution is 5.52. The zero-order chi connectivity index (χ0) is 13.7. The third-order valence-electron chi connectivity index (χ3n) is 5.01. The van der Waals surface area contributed by atoms with Crippen LogP contribution in [0.15, 0.2) is 24.3 Å². The van der Waals surface area contributed by atoms with Gasteiger partial charge in [0.2, 0.25) is 0 Å². The predicted molar refractivity (Wildman–Crippen MR) is 82.0 cm³/mol. The van der Waals surface area contributed by atoms with Gasteiger partial charge in [-0.25, -0.2) is 0 Å². The van der Waals surface area contributed by atoms with Gasteiger partial charge in [-0.05, 0) is 49.5 Å². The van der Waals surface area contributed by atoms with Crippen LogP contribution < -0.4 is 4.90 Å². The zero-order valence-electron chi connectivity index (χ0n) is 12.7. The van der Waals surface area contributed by atoms with Gasteiger partial charge in [-0.1, -0.05) is 32.9 Å². The minimum atomic E-state index is 0.250. The van der Waals surface area contributed by atoms with Gasteiger partial charge in [0, 0.05) is 18.8 Å². The van der Waals surface area contributed by atoms with Crippen molar-refractivity contribution in [2.45, 2.75) is 44.6 Å². The van der Waals surface area contributed by atoms with Crippen molar-refractivity contribution >= 4 is 5.69 Å². The molecule has 104 valence electrons. The maximum atomic E-state index is 2.56. The van der Waals surface area contributed by atoms with Crippen LogP contribution in [0.5, 0.6) is 0 Å². The lowest BCUT2D eigenvalue weighted by Crippen LogP contribution is -2.67. The summed E-state index contributed by atoms with van der Waals surface area (Å²) < 4.78 is 0. The summed E-state index contributed by atoms with van der Waals surface area (Å²) in [7, 11) is 2.28. The number of anilines is 1. The number of likely N-dealkylation sites (N-methyl/N-ethyl adjacent to an activating group) is 1. The van der Waals surface area contributed by atoms with Gasteiger partial charge in [0.25, 0.3) is 0 Å². The summed E-state index contributed by atoms with van der Waals surface area (Å²) in [6.45, 7) is 10.5. The second-order valence-corrected chi connectivity index (χ2v) is 7.40. The molecule has 0 bridgehead atoms. The Labute approximate surface area is 117 Å². The number of benzene rings is 1. The number of nitrogens with zero attached hydrogens (tertiary/aromatic N) is 2. The number of hydrogen-bond donors (Lipinski definition) is 0. The molecule has 1 spiro atoms. The van der Waals surface area contributed by atoms with Crippen molar-refractivity contribution in [1.82, 2.24) is 4.90 Å². The first-order valence-corrected chi connectivity index (χ1v) is 7.48. The Morgan fingerprint density at radius 2 is 1.68 bits per heavy atom. The fourth-order valence-electron chi connectivity index (χ4n) is 3.49. The maximum absolute atomic E-state index is 2.56. The summed E-state index contributed by atoms with van der Waals surface area (Å²) >= 11 is 0. The Balaban J connectivity index is 1.69. The van der Waals surface area contributed by atoms with Gasteiger partial charge < -0.3 is 4.90 Å². The molecule has 2 aliphatic rings. The van der Waals surface area contributed by atoms with Crippen LogP contribution in [0.25, 0.3) is 0 Å². The molecule has 2 aliphatic heterocycles. The van der Waals surface area contributed by atoms with Gasteiger partial charge in [0.1, 0.15) is 0 Å². The molecule has 0 aliphatic carbocycles. The van der Waals surface area contributed by atoms with Gasteiger partial charge >= 0.3 is 0 Å². The molecular weight excluding hydrogens is 232 g/mol. The summed E-state index contributed by atoms with van der Waals surface area (Å²) in [4.78, 5) is 5.08. The normalized spacial score (nSPS) is 22.8. The van der Waals surface area contributed by atoms with Crippen molar-refractivity contribution in [3.05, 3.63) is 29.8 Å². The number of likely N-dealkylation sites (tertiary alicyclic amines) is 1. The Morgan fingerprint density at radius 1 is 1.05 bits per heavy atom. The first-order valence-electron chi connectivity index (χ1n) is 7.48. The third-order valence-corrected chi connectivity index (χ3v) is 5.01. The molecule has 1 aromatic carbocycles. The van der Waals surface area contributed by atoms with Crippen LogP contribution in [-0.2, 0) is 5.41 Å². The van der Waals surface area contributed by atoms with E-state index >= 15 is 0 Å². The van der Waals surface area contributed by atoms with E-state index in [1.54, 1.807) is 0 Å². The first kappa shape index (κ1) is 13.0. The fourth-order valence-corrected chi connectivity index (χ4v) is 3.49. The van der Waals surface area contributed by atoms with Gasteiger partial charge in [-0.15, -0.1) is 0 Å². The van der Waals surface area contributed by atoms with E-state index in [0.29, 0.717) is 5.54 Å². The summed E-state index contributed by atoms with van der Waals surface area (Å²) in [6, 6.07) is 9.17. The van der Waals surface area contributed by atoms with Crippen LogP contribution in [0.1, 0.15) is 39.2 Å². The van der Waals surface area contributed by atoms with Crippen molar-refractivity contribution in [2.75, 3.05) is 31.6 Å². The third kappa shape index (κ3) is 2.16. The van der Waals surface area contributed by atoms with Gasteiger partial charge in [0.15, 0.2) is 0 Å². The SMILES string of the molecule is CN1CCCC12CN(c1ccc(C(C)(C)C)cc1)C2. The average molecular weight is 258 g/mol. The lowest BCUT2D eigenvalue weighted by molar-refractivity contribution is 0.133. The van der Waals surface area contributed by atoms with E-state index in [-0.39, 0.29) is 5.41 Å². The predicted octanol–water partition coefficient (Wildman–Crippen LogP) is 3.27. The van der Waals surface area contributed by atoms with E-state index in [1.165, 1.54) is 43.7 Å². The van der Waals surface area contributed by atoms with Crippen molar-refractivity contribution < 1.29 is 0 Å². The van der Waals surface area contributed by atoms with Crippen LogP contribution in [0.3, 0.4) is 0 Å². The quantitative estimate of drug-likeness (QED) is 0.763. The largest absolute Gasteiger partial charge is 0.368 e. The second-order valence-electron chi connectivity index (χ2n) is 7.40. The van der Waals surface area contributed by atoms with Crippen LogP contribution in [0, 0.1) is 0 Å². The Bertz CT molecular complexity index is 449. The van der Waals surface area contributed by atoms with Gasteiger partial charge in [0.05, 0.1) is 5.54 Å². The molecule has 0 saturated carbocycles. The maximum Gasteiger partial charge on any atom is 0.0557 e. The summed E-state index contributed by atoms with van der Waals surface area (Å²) in [5, 5.41) is 0. The molecule has 2 fully saturated rings. The molecule has 2 heteroatoms. The molecule has 0 N–H and O–H groups in total. The topological polar surface area (TPSA) is 6.48 Å². The van der Waals surface area contributed by atoms with E-state index < -0.39 is 0 Å². The highest BCUT2D eigenvalue weighted by Crippen LogP contribution is 2.39. The van der Waals surface area contributed by atoms with Crippen molar-refractivity contribution in [2.24, 2.45) is 0 Å². The van der Waals surface area contributed by atoms with Crippen molar-refractivity contribution in [1.29, 1.82) is 0 Å². The van der Waals surface area contributed by atoms with Crippen LogP contribution in [0.4, 0.5) is 5.69 Å². The average Bonchev–Trinajstić information content (AvgIpc) is 2.68. The molecule has 0 unspecified atom stereocenters. The molecule has 0 atom stereocenters. The van der Waals surface area contributed by atoms with Crippen molar-refractivity contribution in [3.8, 4) is 0 Å². The minimum Gasteiger partial charge on any atom is -0.368 e. The second kappa shape index (κ2) is 4.24. The lowest BCUT2D eigenvalue weighted by atomic mass is 9.85. The molecule has 2 heterocycles. The molecule has 1 aromatic rings. The molecule has 2 nitrogen and oxygen atoms in total. The summed E-state index contributed by atoms with van der Waals surface area (Å²) in [5.74, 6) is 0. The summed E-state index contributed by atoms with van der Waals surface area (Å²) in [6.07, 6.45) is 2.74.